The van der Waals surface area contributed by atoms with Crippen molar-refractivity contribution in [2.45, 2.75) is 24.7 Å². The summed E-state index contributed by atoms with van der Waals surface area (Å²) >= 11 is 0. The number of halogens is 3. The Morgan fingerprint density at radius 2 is 1.69 bits per heavy atom. The molecule has 29 heavy (non-hydrogen) atoms. The van der Waals surface area contributed by atoms with Gasteiger partial charge in [0.25, 0.3) is 5.92 Å². The molecule has 1 aromatic rings. The monoisotopic (exact) mass is 428 g/mol. The molecular weight excluding hydrogens is 401 g/mol. The highest BCUT2D eigenvalue weighted by molar-refractivity contribution is 7.90. The first-order chi connectivity index (χ1) is 13.5. The van der Waals surface area contributed by atoms with Gasteiger partial charge in [0, 0.05) is 44.2 Å². The Kier molecular flexibility index (Phi) is 8.88. The molecule has 2 unspecified atom stereocenters. The van der Waals surface area contributed by atoms with Gasteiger partial charge in [-0.3, -0.25) is 9.38 Å². The molecule has 1 aromatic carbocycles. The number of sulfone groups is 1. The van der Waals surface area contributed by atoms with Crippen molar-refractivity contribution >= 4 is 21.7 Å². The Bertz CT molecular complexity index is 883. The molecule has 4 nitrogen and oxygen atoms in total. The lowest BCUT2D eigenvalue weighted by atomic mass is 9.91. The van der Waals surface area contributed by atoms with Gasteiger partial charge >= 0.3 is 0 Å². The molecule has 0 N–H and O–H groups in total. The minimum absolute atomic E-state index is 0.0416. The van der Waals surface area contributed by atoms with Crippen molar-refractivity contribution in [2.75, 3.05) is 25.4 Å². The average molecular weight is 429 g/mol. The number of hydrogen-bond acceptors (Lipinski definition) is 4. The predicted molar refractivity (Wildman–Crippen MR) is 113 cm³/mol. The fourth-order valence-corrected chi connectivity index (χ4v) is 3.16. The van der Waals surface area contributed by atoms with Crippen molar-refractivity contribution in [3.05, 3.63) is 60.5 Å². The van der Waals surface area contributed by atoms with E-state index in [1.54, 1.807) is 19.2 Å². The second-order valence-electron chi connectivity index (χ2n) is 6.76. The van der Waals surface area contributed by atoms with Gasteiger partial charge in [-0.2, -0.15) is 8.78 Å². The van der Waals surface area contributed by atoms with Gasteiger partial charge < -0.3 is 4.90 Å². The Morgan fingerprint density at radius 3 is 2.17 bits per heavy atom. The third kappa shape index (κ3) is 7.53. The third-order valence-corrected chi connectivity index (χ3v) is 5.42. The molecule has 0 amide bonds. The largest absolute Gasteiger partial charge is 0.349 e. The van der Waals surface area contributed by atoms with Crippen LogP contribution < -0.4 is 4.90 Å². The smallest absolute Gasteiger partial charge is 0.288 e. The van der Waals surface area contributed by atoms with Gasteiger partial charge in [0.05, 0.1) is 12.1 Å². The van der Waals surface area contributed by atoms with E-state index >= 15 is 0 Å². The van der Waals surface area contributed by atoms with Crippen LogP contribution in [0.15, 0.2) is 70.4 Å². The second-order valence-corrected chi connectivity index (χ2v) is 8.78. The summed E-state index contributed by atoms with van der Waals surface area (Å²) in [5.74, 6) is -2.97. The Balaban J connectivity index is 0.00000204. The molecule has 160 valence electrons. The lowest BCUT2D eigenvalue weighted by Gasteiger charge is -2.20. The molecule has 0 radical (unpaired) electrons. The summed E-state index contributed by atoms with van der Waals surface area (Å²) in [6, 6.07) is 6.03. The minimum atomic E-state index is -3.31. The molecule has 2 atom stereocenters. The highest BCUT2D eigenvalue weighted by atomic mass is 32.2. The molecule has 0 saturated carbocycles. The van der Waals surface area contributed by atoms with Crippen LogP contribution >= 0.6 is 0 Å². The normalized spacial score (nSPS) is 19.8. The van der Waals surface area contributed by atoms with E-state index in [1.807, 2.05) is 31.2 Å². The summed E-state index contributed by atoms with van der Waals surface area (Å²) in [7, 11) is -1.19. The van der Waals surface area contributed by atoms with E-state index < -0.39 is 15.8 Å². The SMILES string of the molecule is CC1C=CC=CC1C=N/C(=C\N(C)c1ccc(S(C)(=O)=O)cc1)C(C)(F)F.CF. The van der Waals surface area contributed by atoms with Crippen molar-refractivity contribution in [3.63, 3.8) is 0 Å². The Hall–Kier alpha value is -2.35. The number of benzene rings is 1. The van der Waals surface area contributed by atoms with Gasteiger partial charge in [-0.25, -0.2) is 8.42 Å². The standard InChI is InChI=1S/C20H24F2N2O2S.CH3F/c1-15-7-5-6-8-16(15)13-23-19(20(2,21)22)14-24(3)17-9-11-18(12-10-17)27(4,25)26;1-2/h5-16H,1-4H3;1H3/b19-14-,23-13?;. The topological polar surface area (TPSA) is 49.7 Å². The number of aliphatic imine (C=N–C) groups is 1. The molecule has 0 aromatic heterocycles. The van der Waals surface area contributed by atoms with Crippen molar-refractivity contribution in [1.82, 2.24) is 0 Å². The first kappa shape index (κ1) is 24.7. The fourth-order valence-electron chi connectivity index (χ4n) is 2.53. The number of hydrogen-bond donors (Lipinski definition) is 0. The number of nitrogens with zero attached hydrogens (tertiary/aromatic N) is 2. The molecule has 1 aliphatic carbocycles. The highest BCUT2D eigenvalue weighted by Gasteiger charge is 2.28. The summed E-state index contributed by atoms with van der Waals surface area (Å²) < 4.78 is 60.6. The molecule has 0 saturated heterocycles. The zero-order valence-corrected chi connectivity index (χ0v) is 18.0. The molecule has 0 spiro atoms. The summed E-state index contributed by atoms with van der Waals surface area (Å²) in [5.41, 5.74) is 0.209. The molecule has 0 aliphatic heterocycles. The van der Waals surface area contributed by atoms with Gasteiger partial charge in [-0.15, -0.1) is 0 Å². The highest BCUT2D eigenvalue weighted by Crippen LogP contribution is 2.27. The van der Waals surface area contributed by atoms with Crippen LogP contribution in [0, 0.1) is 11.8 Å². The van der Waals surface area contributed by atoms with Crippen LogP contribution in [0.2, 0.25) is 0 Å². The quantitative estimate of drug-likeness (QED) is 0.595. The molecule has 0 heterocycles. The number of allylic oxidation sites excluding steroid dienone is 5. The van der Waals surface area contributed by atoms with Crippen LogP contribution in [0.4, 0.5) is 18.9 Å². The van der Waals surface area contributed by atoms with Gasteiger partial charge in [0.15, 0.2) is 9.84 Å². The first-order valence-electron chi connectivity index (χ1n) is 8.88. The summed E-state index contributed by atoms with van der Waals surface area (Å²) in [5, 5.41) is 0. The maximum absolute atomic E-state index is 14.0. The van der Waals surface area contributed by atoms with Crippen LogP contribution in [0.5, 0.6) is 0 Å². The fraction of sp³-hybridized carbons (Fsp3) is 0.381. The maximum Gasteiger partial charge on any atom is 0.288 e. The zero-order valence-electron chi connectivity index (χ0n) is 17.2. The second kappa shape index (κ2) is 10.4. The number of alkyl halides is 3. The predicted octanol–water partition coefficient (Wildman–Crippen LogP) is 5.06. The summed E-state index contributed by atoms with van der Waals surface area (Å²) in [6.07, 6.45) is 11.6. The van der Waals surface area contributed by atoms with Gasteiger partial charge in [-0.05, 0) is 30.2 Å². The van der Waals surface area contributed by atoms with E-state index in [4.69, 9.17) is 0 Å². The van der Waals surface area contributed by atoms with E-state index in [0.717, 1.165) is 13.2 Å². The van der Waals surface area contributed by atoms with Crippen molar-refractivity contribution in [2.24, 2.45) is 16.8 Å². The lowest BCUT2D eigenvalue weighted by molar-refractivity contribution is 0.0618. The van der Waals surface area contributed by atoms with Gasteiger partial charge in [0.2, 0.25) is 0 Å². The minimum Gasteiger partial charge on any atom is -0.349 e. The van der Waals surface area contributed by atoms with Crippen LogP contribution in [-0.4, -0.2) is 41.0 Å². The third-order valence-electron chi connectivity index (χ3n) is 4.29. The van der Waals surface area contributed by atoms with Crippen LogP contribution in [-0.2, 0) is 9.84 Å². The van der Waals surface area contributed by atoms with Gasteiger partial charge in [0.1, 0.15) is 5.70 Å². The van der Waals surface area contributed by atoms with E-state index in [-0.39, 0.29) is 22.4 Å². The first-order valence-corrected chi connectivity index (χ1v) is 10.8. The van der Waals surface area contributed by atoms with Crippen molar-refractivity contribution in [1.29, 1.82) is 0 Å². The van der Waals surface area contributed by atoms with Crippen molar-refractivity contribution < 1.29 is 21.6 Å². The zero-order chi connectivity index (χ0) is 22.2. The molecular formula is C21H27F3N2O2S. The molecule has 8 heteroatoms. The van der Waals surface area contributed by atoms with Crippen LogP contribution in [0.1, 0.15) is 13.8 Å². The summed E-state index contributed by atoms with van der Waals surface area (Å²) in [6.45, 7) is 2.80. The van der Waals surface area contributed by atoms with Crippen LogP contribution in [0.25, 0.3) is 0 Å². The van der Waals surface area contributed by atoms with Crippen molar-refractivity contribution in [3.8, 4) is 0 Å². The Labute approximate surface area is 171 Å². The van der Waals surface area contributed by atoms with Crippen LogP contribution in [0.3, 0.4) is 0 Å². The number of anilines is 1. The van der Waals surface area contributed by atoms with E-state index in [9.17, 15) is 21.6 Å². The molecule has 2 rings (SSSR count). The Morgan fingerprint density at radius 1 is 1.14 bits per heavy atom. The molecule has 0 bridgehead atoms. The van der Waals surface area contributed by atoms with E-state index in [2.05, 4.69) is 4.99 Å². The molecule has 1 aliphatic rings. The van der Waals surface area contributed by atoms with E-state index in [1.165, 1.54) is 29.4 Å². The average Bonchev–Trinajstić information content (AvgIpc) is 2.66. The van der Waals surface area contributed by atoms with E-state index in [0.29, 0.717) is 12.9 Å². The van der Waals surface area contributed by atoms with Gasteiger partial charge in [-0.1, -0.05) is 31.2 Å². The lowest BCUT2D eigenvalue weighted by Crippen LogP contribution is -2.19. The molecule has 0 fully saturated rings. The number of rotatable bonds is 6. The summed E-state index contributed by atoms with van der Waals surface area (Å²) in [4.78, 5) is 5.73. The maximum atomic E-state index is 14.0.